The van der Waals surface area contributed by atoms with Gasteiger partial charge in [0.25, 0.3) is 5.56 Å². The molecule has 39 heavy (non-hydrogen) atoms. The summed E-state index contributed by atoms with van der Waals surface area (Å²) in [5.74, 6) is -0.716. The SMILES string of the molecule is CC(C)OC(=O)C(C)NP(=O)(Oc1ccccc1)OC1C2OC(n3cnc4c(=O)[nH]c(N)nc43)C(O)C21CF. The minimum absolute atomic E-state index is 0.0327. The molecule has 14 nitrogen and oxygen atoms in total. The molecule has 210 valence electrons. The van der Waals surface area contributed by atoms with Gasteiger partial charge in [-0.15, -0.1) is 0 Å². The number of nitrogen functional groups attached to an aromatic ring is 1. The van der Waals surface area contributed by atoms with E-state index in [1.165, 1.54) is 30.0 Å². The van der Waals surface area contributed by atoms with E-state index >= 15 is 0 Å². The molecule has 1 saturated heterocycles. The number of H-pyrrole nitrogens is 1. The molecule has 2 fully saturated rings. The van der Waals surface area contributed by atoms with Gasteiger partial charge in [0.1, 0.15) is 36.8 Å². The van der Waals surface area contributed by atoms with Crippen LogP contribution in [0.2, 0.25) is 0 Å². The van der Waals surface area contributed by atoms with E-state index < -0.39 is 68.1 Å². The lowest BCUT2D eigenvalue weighted by Crippen LogP contribution is -2.38. The number of hydrogen-bond acceptors (Lipinski definition) is 11. The molecule has 0 radical (unpaired) electrons. The van der Waals surface area contributed by atoms with Crippen LogP contribution in [0.25, 0.3) is 11.2 Å². The predicted octanol–water partition coefficient (Wildman–Crippen LogP) is 1.43. The molecule has 3 heterocycles. The summed E-state index contributed by atoms with van der Waals surface area (Å²) in [5, 5.41) is 13.7. The number of aromatic nitrogens is 4. The Morgan fingerprint density at radius 1 is 1.36 bits per heavy atom. The Morgan fingerprint density at radius 2 is 2.08 bits per heavy atom. The van der Waals surface area contributed by atoms with E-state index in [4.69, 9.17) is 24.3 Å². The van der Waals surface area contributed by atoms with Gasteiger partial charge in [-0.3, -0.25) is 28.1 Å². The van der Waals surface area contributed by atoms with Crippen LogP contribution in [0, 0.1) is 5.41 Å². The van der Waals surface area contributed by atoms with Crippen molar-refractivity contribution in [3.05, 3.63) is 47.0 Å². The van der Waals surface area contributed by atoms with Gasteiger partial charge in [-0.1, -0.05) is 18.2 Å². The third kappa shape index (κ3) is 4.80. The summed E-state index contributed by atoms with van der Waals surface area (Å²) in [6.07, 6.45) is -4.17. The van der Waals surface area contributed by atoms with Crippen molar-refractivity contribution in [2.75, 3.05) is 12.4 Å². The summed E-state index contributed by atoms with van der Waals surface area (Å²) in [6.45, 7) is 3.64. The Labute approximate surface area is 221 Å². The first-order chi connectivity index (χ1) is 18.5. The summed E-state index contributed by atoms with van der Waals surface area (Å²) in [7, 11) is -4.36. The summed E-state index contributed by atoms with van der Waals surface area (Å²) in [5.41, 5.74) is 3.42. The Bertz CT molecular complexity index is 1480. The van der Waals surface area contributed by atoms with Gasteiger partial charge in [-0.05, 0) is 32.9 Å². The number of aliphatic hydroxyl groups excluding tert-OH is 1. The van der Waals surface area contributed by atoms with Crippen molar-refractivity contribution in [3.63, 3.8) is 0 Å². The summed E-state index contributed by atoms with van der Waals surface area (Å²) < 4.78 is 52.2. The first kappa shape index (κ1) is 27.2. The normalized spacial score (nSPS) is 28.2. The van der Waals surface area contributed by atoms with Crippen LogP contribution in [0.3, 0.4) is 0 Å². The first-order valence-corrected chi connectivity index (χ1v) is 13.7. The molecule has 1 aromatic carbocycles. The zero-order chi connectivity index (χ0) is 28.1. The van der Waals surface area contributed by atoms with Crippen molar-refractivity contribution in [1.82, 2.24) is 24.6 Å². The molecule has 1 aliphatic carbocycles. The molecule has 5 N–H and O–H groups in total. The van der Waals surface area contributed by atoms with Gasteiger partial charge >= 0.3 is 13.7 Å². The Balaban J connectivity index is 1.39. The monoisotopic (exact) mass is 566 g/mol. The maximum absolute atomic E-state index is 14.6. The fourth-order valence-electron chi connectivity index (χ4n) is 4.62. The molecule has 2 aromatic heterocycles. The highest BCUT2D eigenvalue weighted by Crippen LogP contribution is 2.66. The number of nitrogens with two attached hydrogens (primary N) is 1. The van der Waals surface area contributed by atoms with Crippen LogP contribution in [-0.2, 0) is 23.4 Å². The van der Waals surface area contributed by atoms with Gasteiger partial charge in [0.05, 0.1) is 17.8 Å². The minimum atomic E-state index is -4.36. The predicted molar refractivity (Wildman–Crippen MR) is 134 cm³/mol. The largest absolute Gasteiger partial charge is 0.462 e. The number of aliphatic hydroxyl groups is 1. The second-order valence-electron chi connectivity index (χ2n) is 9.68. The van der Waals surface area contributed by atoms with Crippen molar-refractivity contribution in [2.45, 2.75) is 57.5 Å². The van der Waals surface area contributed by atoms with Gasteiger partial charge in [0.2, 0.25) is 5.95 Å². The number of esters is 1. The molecular formula is C23H28FN6O8P. The van der Waals surface area contributed by atoms with Crippen molar-refractivity contribution in [2.24, 2.45) is 5.41 Å². The Kier molecular flexibility index (Phi) is 6.97. The number of carbonyl (C=O) groups is 1. The van der Waals surface area contributed by atoms with Crippen LogP contribution in [-0.4, -0.2) is 67.7 Å². The number of halogens is 1. The smallest absolute Gasteiger partial charge is 0.459 e. The molecule has 2 aliphatic rings. The van der Waals surface area contributed by atoms with Crippen LogP contribution in [0.4, 0.5) is 10.3 Å². The van der Waals surface area contributed by atoms with E-state index in [9.17, 15) is 23.7 Å². The third-order valence-corrected chi connectivity index (χ3v) is 8.23. The van der Waals surface area contributed by atoms with E-state index in [0.717, 1.165) is 0 Å². The standard InChI is InChI=1S/C23H28FN6O8P/c1-11(2)35-21(33)12(3)29-39(34,37-13-7-5-4-6-8-13)38-17-16-23(17,9-24)15(31)20(36-16)30-10-26-14-18(30)27-22(25)28-19(14)32/h4-8,10-12,15-17,20,31H,9H2,1-3H3,(H,29,34)(H3,25,27,28,32). The highest BCUT2D eigenvalue weighted by molar-refractivity contribution is 7.52. The minimum Gasteiger partial charge on any atom is -0.462 e. The number of anilines is 1. The topological polar surface area (TPSA) is 193 Å². The molecule has 3 aromatic rings. The molecule has 7 unspecified atom stereocenters. The van der Waals surface area contributed by atoms with Crippen LogP contribution in [0.15, 0.2) is 41.5 Å². The van der Waals surface area contributed by atoms with E-state index in [-0.39, 0.29) is 22.9 Å². The summed E-state index contributed by atoms with van der Waals surface area (Å²) >= 11 is 0. The fourth-order valence-corrected chi connectivity index (χ4v) is 6.36. The number of para-hydroxylation sites is 1. The van der Waals surface area contributed by atoms with Gasteiger partial charge in [-0.25, -0.2) is 9.55 Å². The fraction of sp³-hybridized carbons (Fsp3) is 0.478. The zero-order valence-corrected chi connectivity index (χ0v) is 22.1. The van der Waals surface area contributed by atoms with Crippen molar-refractivity contribution in [1.29, 1.82) is 0 Å². The number of benzene rings is 1. The molecule has 0 amide bonds. The number of ether oxygens (including phenoxy) is 2. The molecular weight excluding hydrogens is 538 g/mol. The highest BCUT2D eigenvalue weighted by atomic mass is 31.2. The number of alkyl halides is 1. The van der Waals surface area contributed by atoms with Gasteiger partial charge in [0, 0.05) is 0 Å². The van der Waals surface area contributed by atoms with Gasteiger partial charge in [-0.2, -0.15) is 10.1 Å². The number of aromatic amines is 1. The van der Waals surface area contributed by atoms with E-state index in [2.05, 4.69) is 20.0 Å². The lowest BCUT2D eigenvalue weighted by atomic mass is 10.0. The van der Waals surface area contributed by atoms with Crippen molar-refractivity contribution in [3.8, 4) is 5.75 Å². The van der Waals surface area contributed by atoms with E-state index in [1.54, 1.807) is 32.0 Å². The van der Waals surface area contributed by atoms with E-state index in [1.807, 2.05) is 0 Å². The highest BCUT2D eigenvalue weighted by Gasteiger charge is 2.79. The van der Waals surface area contributed by atoms with Crippen LogP contribution in [0.5, 0.6) is 5.75 Å². The van der Waals surface area contributed by atoms with Crippen molar-refractivity contribution >= 4 is 30.8 Å². The van der Waals surface area contributed by atoms with Crippen LogP contribution < -0.4 is 20.9 Å². The van der Waals surface area contributed by atoms with Crippen LogP contribution in [0.1, 0.15) is 27.0 Å². The molecule has 1 saturated carbocycles. The molecule has 0 bridgehead atoms. The lowest BCUT2D eigenvalue weighted by molar-refractivity contribution is -0.149. The second-order valence-corrected chi connectivity index (χ2v) is 11.3. The average molecular weight is 566 g/mol. The molecule has 5 rings (SSSR count). The van der Waals surface area contributed by atoms with Crippen molar-refractivity contribution < 1.29 is 37.4 Å². The third-order valence-electron chi connectivity index (χ3n) is 6.57. The molecule has 1 aliphatic heterocycles. The number of imidazole rings is 1. The maximum Gasteiger partial charge on any atom is 0.459 e. The number of fused-ring (bicyclic) bond motifs is 2. The molecule has 16 heteroatoms. The van der Waals surface area contributed by atoms with Gasteiger partial charge in [0.15, 0.2) is 17.4 Å². The van der Waals surface area contributed by atoms with Crippen LogP contribution >= 0.6 is 7.75 Å². The quantitative estimate of drug-likeness (QED) is 0.204. The number of nitrogens with zero attached hydrogens (tertiary/aromatic N) is 3. The second kappa shape index (κ2) is 9.99. The number of nitrogens with one attached hydrogen (secondary N) is 2. The summed E-state index contributed by atoms with van der Waals surface area (Å²) in [4.78, 5) is 34.9. The first-order valence-electron chi connectivity index (χ1n) is 12.1. The zero-order valence-electron chi connectivity index (χ0n) is 21.2. The van der Waals surface area contributed by atoms with E-state index in [0.29, 0.717) is 0 Å². The molecule has 7 atom stereocenters. The Hall–Kier alpha value is -3.36. The average Bonchev–Trinajstić information content (AvgIpc) is 3.11. The Morgan fingerprint density at radius 3 is 2.72 bits per heavy atom. The van der Waals surface area contributed by atoms with Gasteiger partial charge < -0.3 is 24.8 Å². The maximum atomic E-state index is 14.6. The lowest BCUT2D eigenvalue weighted by Gasteiger charge is -2.28. The number of hydrogen-bond donors (Lipinski definition) is 4. The number of carbonyl (C=O) groups excluding carboxylic acids is 1. The summed E-state index contributed by atoms with van der Waals surface area (Å²) in [6, 6.07) is 6.94. The number of rotatable bonds is 10. The molecule has 0 spiro atoms.